The van der Waals surface area contributed by atoms with E-state index < -0.39 is 41.6 Å². The van der Waals surface area contributed by atoms with Crippen LogP contribution < -0.4 is 0 Å². The number of cyclic esters (lactones) is 1. The van der Waals surface area contributed by atoms with Crippen molar-refractivity contribution < 1.29 is 29.0 Å². The molecule has 1 N–H and O–H groups in total. The first-order chi connectivity index (χ1) is 14.5. The van der Waals surface area contributed by atoms with Crippen molar-refractivity contribution in [2.24, 2.45) is 11.8 Å². The van der Waals surface area contributed by atoms with E-state index in [1.165, 1.54) is 4.90 Å². The largest absolute Gasteiger partial charge is 0.461 e. The van der Waals surface area contributed by atoms with E-state index in [9.17, 15) is 19.5 Å². The number of aliphatic hydroxyl groups excluding tert-OH is 1. The van der Waals surface area contributed by atoms with Crippen LogP contribution in [-0.4, -0.2) is 82.8 Å². The Hall–Kier alpha value is -2.19. The van der Waals surface area contributed by atoms with Gasteiger partial charge in [0.1, 0.15) is 24.2 Å². The van der Waals surface area contributed by atoms with Gasteiger partial charge in [-0.15, -0.1) is 0 Å². The van der Waals surface area contributed by atoms with Crippen molar-refractivity contribution in [3.8, 4) is 0 Å². The summed E-state index contributed by atoms with van der Waals surface area (Å²) in [5.41, 5.74) is -1.24. The fraction of sp³-hybridized carbons (Fsp3) is 0.682. The molecule has 2 saturated heterocycles. The van der Waals surface area contributed by atoms with Gasteiger partial charge in [0, 0.05) is 13.1 Å². The van der Waals surface area contributed by atoms with E-state index in [0.717, 1.165) is 19.3 Å². The molecule has 0 aromatic heterocycles. The zero-order chi connectivity index (χ0) is 21.5. The Morgan fingerprint density at radius 3 is 2.77 bits per heavy atom. The maximum absolute atomic E-state index is 13.7. The van der Waals surface area contributed by atoms with Crippen LogP contribution in [0.5, 0.6) is 0 Å². The minimum absolute atomic E-state index is 0.142. The molecular formula is C22H30N2O6. The summed E-state index contributed by atoms with van der Waals surface area (Å²) >= 11 is 0. The molecule has 0 saturated carbocycles. The summed E-state index contributed by atoms with van der Waals surface area (Å²) in [5.74, 6) is -2.68. The van der Waals surface area contributed by atoms with E-state index in [4.69, 9.17) is 9.47 Å². The molecule has 0 aromatic carbocycles. The van der Waals surface area contributed by atoms with Crippen LogP contribution in [0.2, 0.25) is 0 Å². The molecule has 0 bridgehead atoms. The Morgan fingerprint density at radius 2 is 2.03 bits per heavy atom. The van der Waals surface area contributed by atoms with Crippen LogP contribution in [0.4, 0.5) is 0 Å². The van der Waals surface area contributed by atoms with Crippen molar-refractivity contribution in [2.75, 3.05) is 26.3 Å². The molecule has 0 aliphatic carbocycles. The number of ether oxygens (including phenoxy) is 2. The van der Waals surface area contributed by atoms with Gasteiger partial charge >= 0.3 is 5.97 Å². The van der Waals surface area contributed by atoms with E-state index >= 15 is 0 Å². The van der Waals surface area contributed by atoms with Crippen LogP contribution in [0, 0.1) is 11.8 Å². The van der Waals surface area contributed by atoms with E-state index in [1.807, 2.05) is 6.08 Å². The zero-order valence-corrected chi connectivity index (χ0v) is 17.5. The summed E-state index contributed by atoms with van der Waals surface area (Å²) in [5, 5.41) is 9.81. The molecule has 2 amide bonds. The Bertz CT molecular complexity index is 780. The van der Waals surface area contributed by atoms with Crippen molar-refractivity contribution in [3.63, 3.8) is 0 Å². The van der Waals surface area contributed by atoms with Gasteiger partial charge in [0.15, 0.2) is 0 Å². The minimum Gasteiger partial charge on any atom is -0.461 e. The lowest BCUT2D eigenvalue weighted by molar-refractivity contribution is -0.154. The number of nitrogens with zero attached hydrogens (tertiary/aromatic N) is 2. The van der Waals surface area contributed by atoms with Crippen LogP contribution in [0.15, 0.2) is 24.3 Å². The molecule has 1 unspecified atom stereocenters. The van der Waals surface area contributed by atoms with Gasteiger partial charge in [-0.25, -0.2) is 0 Å². The molecule has 30 heavy (non-hydrogen) atoms. The van der Waals surface area contributed by atoms with E-state index in [0.29, 0.717) is 13.1 Å². The maximum atomic E-state index is 13.7. The van der Waals surface area contributed by atoms with Crippen LogP contribution in [0.3, 0.4) is 0 Å². The Labute approximate surface area is 176 Å². The van der Waals surface area contributed by atoms with E-state index in [2.05, 4.69) is 6.92 Å². The summed E-state index contributed by atoms with van der Waals surface area (Å²) in [7, 11) is 0. The fourth-order valence-electron chi connectivity index (χ4n) is 5.27. The van der Waals surface area contributed by atoms with Gasteiger partial charge in [-0.05, 0) is 19.4 Å². The molecule has 4 aliphatic rings. The zero-order valence-electron chi connectivity index (χ0n) is 17.5. The normalized spacial score (nSPS) is 36.2. The highest BCUT2D eigenvalue weighted by atomic mass is 16.6. The number of carbonyl (C=O) groups excluding carboxylic acids is 3. The first-order valence-corrected chi connectivity index (χ1v) is 10.9. The van der Waals surface area contributed by atoms with Crippen molar-refractivity contribution >= 4 is 17.8 Å². The highest BCUT2D eigenvalue weighted by Crippen LogP contribution is 2.53. The quantitative estimate of drug-likeness (QED) is 0.387. The standard InChI is InChI=1S/C22H30N2O6/c1-3-4-5-10-23-11-7-9-22-17(16-15(30-22)8-6-12-29-21(16)28)19(26)24(14(2)13-25)18(22)20(23)27/h6-9,14-18,25H,3-5,10-13H2,1-2H3/t14-,15-,16+,17+,18?,22+/m1/s1. The van der Waals surface area contributed by atoms with Gasteiger partial charge in [0.05, 0.1) is 24.7 Å². The van der Waals surface area contributed by atoms with Gasteiger partial charge in [0.25, 0.3) is 0 Å². The summed E-state index contributed by atoms with van der Waals surface area (Å²) in [4.78, 5) is 43.2. The monoisotopic (exact) mass is 418 g/mol. The lowest BCUT2D eigenvalue weighted by Gasteiger charge is -2.37. The molecule has 1 spiro atoms. The number of rotatable bonds is 6. The smallest absolute Gasteiger partial charge is 0.313 e. The second-order valence-electron chi connectivity index (χ2n) is 8.57. The topological polar surface area (TPSA) is 96.4 Å². The van der Waals surface area contributed by atoms with Crippen molar-refractivity contribution in [2.45, 2.75) is 56.9 Å². The fourth-order valence-corrected chi connectivity index (χ4v) is 5.27. The lowest BCUT2D eigenvalue weighted by Crippen LogP contribution is -2.57. The minimum atomic E-state index is -1.24. The summed E-state index contributed by atoms with van der Waals surface area (Å²) in [6.45, 7) is 4.70. The van der Waals surface area contributed by atoms with Crippen LogP contribution in [-0.2, 0) is 23.9 Å². The molecular weight excluding hydrogens is 388 g/mol. The average molecular weight is 418 g/mol. The van der Waals surface area contributed by atoms with Gasteiger partial charge < -0.3 is 24.4 Å². The predicted molar refractivity (Wildman–Crippen MR) is 107 cm³/mol. The molecule has 164 valence electrons. The molecule has 4 heterocycles. The first-order valence-electron chi connectivity index (χ1n) is 10.9. The number of likely N-dealkylation sites (tertiary alicyclic amines) is 1. The Kier molecular flexibility index (Phi) is 5.72. The molecule has 8 nitrogen and oxygen atoms in total. The summed E-state index contributed by atoms with van der Waals surface area (Å²) < 4.78 is 11.7. The van der Waals surface area contributed by atoms with Crippen molar-refractivity contribution in [1.82, 2.24) is 9.80 Å². The summed E-state index contributed by atoms with van der Waals surface area (Å²) in [6, 6.07) is -1.48. The first kappa shape index (κ1) is 21.1. The molecule has 6 atom stereocenters. The molecule has 2 fully saturated rings. The number of esters is 1. The second kappa shape index (κ2) is 8.15. The third-order valence-corrected chi connectivity index (χ3v) is 6.71. The van der Waals surface area contributed by atoms with E-state index in [-0.39, 0.29) is 25.0 Å². The van der Waals surface area contributed by atoms with Crippen LogP contribution in [0.1, 0.15) is 33.1 Å². The van der Waals surface area contributed by atoms with Gasteiger partial charge in [-0.2, -0.15) is 0 Å². The number of hydrogen-bond donors (Lipinski definition) is 1. The number of aliphatic hydroxyl groups is 1. The van der Waals surface area contributed by atoms with Crippen molar-refractivity contribution in [1.29, 1.82) is 0 Å². The van der Waals surface area contributed by atoms with Gasteiger partial charge in [-0.3, -0.25) is 14.4 Å². The Balaban J connectivity index is 1.77. The predicted octanol–water partition coefficient (Wildman–Crippen LogP) is 0.650. The van der Waals surface area contributed by atoms with Gasteiger partial charge in [-0.1, -0.05) is 38.0 Å². The Morgan fingerprint density at radius 1 is 1.23 bits per heavy atom. The summed E-state index contributed by atoms with van der Waals surface area (Å²) in [6.07, 6.45) is 9.47. The average Bonchev–Trinajstić information content (AvgIpc) is 3.04. The maximum Gasteiger partial charge on any atom is 0.313 e. The number of hydrogen-bond acceptors (Lipinski definition) is 6. The molecule has 8 heteroatoms. The third-order valence-electron chi connectivity index (χ3n) is 6.71. The molecule has 4 rings (SSSR count). The molecule has 4 aliphatic heterocycles. The SMILES string of the molecule is CCCCCN1CC=C[C@]23O[C@@H]4C=CCOC(=O)[C@@H]4[C@H]2C(=O)N([C@H](C)CO)C3C1=O. The molecule has 0 radical (unpaired) electrons. The highest BCUT2D eigenvalue weighted by molar-refractivity contribution is 5.99. The third kappa shape index (κ3) is 3.08. The van der Waals surface area contributed by atoms with Gasteiger partial charge in [0.2, 0.25) is 11.8 Å². The van der Waals surface area contributed by atoms with Crippen LogP contribution >= 0.6 is 0 Å². The van der Waals surface area contributed by atoms with Crippen molar-refractivity contribution in [3.05, 3.63) is 24.3 Å². The number of unbranched alkanes of at least 4 members (excludes halogenated alkanes) is 2. The lowest BCUT2D eigenvalue weighted by atomic mass is 9.78. The van der Waals surface area contributed by atoms with Crippen LogP contribution in [0.25, 0.3) is 0 Å². The second-order valence-corrected chi connectivity index (χ2v) is 8.57. The number of fused-ring (bicyclic) bond motifs is 2. The number of amides is 2. The highest BCUT2D eigenvalue weighted by Gasteiger charge is 2.72. The van der Waals surface area contributed by atoms with E-state index in [1.54, 1.807) is 30.1 Å². The molecule has 0 aromatic rings. The number of carbonyl (C=O) groups is 3.